The van der Waals surface area contributed by atoms with Gasteiger partial charge >= 0.3 is 0 Å². The number of nitrogens with one attached hydrogen (secondary N) is 1. The van der Waals surface area contributed by atoms with E-state index in [1.54, 1.807) is 6.07 Å². The van der Waals surface area contributed by atoms with E-state index in [0.29, 0.717) is 49.4 Å². The molecule has 5 aliphatic rings. The van der Waals surface area contributed by atoms with Crippen LogP contribution in [0.1, 0.15) is 61.0 Å². The van der Waals surface area contributed by atoms with Crippen LogP contribution in [0.2, 0.25) is 0 Å². The summed E-state index contributed by atoms with van der Waals surface area (Å²) in [7, 11) is 0. The number of rotatable bonds is 4. The monoisotopic (exact) mass is 447 g/mol. The first-order valence-corrected chi connectivity index (χ1v) is 12.4. The molecule has 1 saturated heterocycles. The Hall–Kier alpha value is -2.44. The molecular weight excluding hydrogens is 414 g/mol. The number of pyridine rings is 1. The molecule has 3 N–H and O–H groups in total. The Morgan fingerprint density at radius 2 is 1.64 bits per heavy atom. The first-order valence-electron chi connectivity index (χ1n) is 12.4. The topological polar surface area (TPSA) is 85.7 Å². The summed E-state index contributed by atoms with van der Waals surface area (Å²) in [5, 5.41) is 25.2. The first kappa shape index (κ1) is 21.1. The SMILES string of the molecule is O=C(NC1C2CC3CC1CC(O)(C3)C2)c1cccc(N2CCC(O)(c3ccccc3)CC2)n1. The van der Waals surface area contributed by atoms with E-state index in [-0.39, 0.29) is 11.9 Å². The standard InChI is InChI=1S/C27H33N3O3/c31-25(29-24-19-13-18-14-20(24)17-26(32,15-18)16-19)22-7-4-8-23(28-22)30-11-9-27(33,10-12-30)21-5-2-1-3-6-21/h1-8,18-20,24,32-33H,9-17H2,(H,29,31). The first-order chi connectivity index (χ1) is 15.9. The van der Waals surface area contributed by atoms with Gasteiger partial charge in [0.1, 0.15) is 11.5 Å². The fourth-order valence-corrected chi connectivity index (χ4v) is 7.31. The van der Waals surface area contributed by atoms with Crippen LogP contribution in [0.4, 0.5) is 5.82 Å². The number of benzene rings is 1. The summed E-state index contributed by atoms with van der Waals surface area (Å²) < 4.78 is 0. The molecule has 1 aromatic carbocycles. The Labute approximate surface area is 195 Å². The lowest BCUT2D eigenvalue weighted by atomic mass is 9.52. The normalized spacial score (nSPS) is 34.3. The third-order valence-corrected chi connectivity index (χ3v) is 8.73. The van der Waals surface area contributed by atoms with Crippen molar-refractivity contribution in [2.45, 2.75) is 62.2 Å². The maximum atomic E-state index is 13.1. The summed E-state index contributed by atoms with van der Waals surface area (Å²) in [5.74, 6) is 2.06. The number of nitrogens with zero attached hydrogens (tertiary/aromatic N) is 2. The van der Waals surface area contributed by atoms with Crippen molar-refractivity contribution in [3.63, 3.8) is 0 Å². The second-order valence-electron chi connectivity index (χ2n) is 11.0. The van der Waals surface area contributed by atoms with Crippen molar-refractivity contribution in [3.05, 3.63) is 59.8 Å². The molecule has 174 valence electrons. The average molecular weight is 448 g/mol. The van der Waals surface area contributed by atoms with Gasteiger partial charge in [0.2, 0.25) is 0 Å². The minimum absolute atomic E-state index is 0.112. The van der Waals surface area contributed by atoms with Crippen LogP contribution in [0.5, 0.6) is 0 Å². The van der Waals surface area contributed by atoms with Crippen LogP contribution in [0, 0.1) is 17.8 Å². The lowest BCUT2D eigenvalue weighted by molar-refractivity contribution is -0.136. The van der Waals surface area contributed by atoms with E-state index in [4.69, 9.17) is 4.98 Å². The van der Waals surface area contributed by atoms with Crippen LogP contribution in [0.15, 0.2) is 48.5 Å². The number of anilines is 1. The van der Waals surface area contributed by atoms with Gasteiger partial charge in [0, 0.05) is 19.1 Å². The second kappa shape index (κ2) is 7.81. The van der Waals surface area contributed by atoms with E-state index < -0.39 is 11.2 Å². The maximum Gasteiger partial charge on any atom is 0.270 e. The quantitative estimate of drug-likeness (QED) is 0.670. The predicted octanol–water partition coefficient (Wildman–Crippen LogP) is 3.24. The molecule has 0 radical (unpaired) electrons. The van der Waals surface area contributed by atoms with Gasteiger partial charge in [0.15, 0.2) is 0 Å². The zero-order valence-corrected chi connectivity index (χ0v) is 19.0. The minimum Gasteiger partial charge on any atom is -0.390 e. The van der Waals surface area contributed by atoms with E-state index >= 15 is 0 Å². The summed E-state index contributed by atoms with van der Waals surface area (Å²) in [6, 6.07) is 15.6. The van der Waals surface area contributed by atoms with Gasteiger partial charge in [-0.05, 0) is 80.4 Å². The van der Waals surface area contributed by atoms with Gasteiger partial charge in [-0.2, -0.15) is 0 Å². The molecule has 1 aliphatic heterocycles. The molecule has 4 bridgehead atoms. The molecule has 2 heterocycles. The summed E-state index contributed by atoms with van der Waals surface area (Å²) in [6.07, 6.45) is 6.08. The van der Waals surface area contributed by atoms with Gasteiger partial charge in [0.25, 0.3) is 5.91 Å². The largest absolute Gasteiger partial charge is 0.390 e. The number of hydrogen-bond acceptors (Lipinski definition) is 5. The highest BCUT2D eigenvalue weighted by atomic mass is 16.3. The number of hydrogen-bond donors (Lipinski definition) is 3. The van der Waals surface area contributed by atoms with Gasteiger partial charge < -0.3 is 20.4 Å². The Morgan fingerprint density at radius 3 is 2.30 bits per heavy atom. The number of carbonyl (C=O) groups is 1. The van der Waals surface area contributed by atoms with Crippen molar-refractivity contribution in [3.8, 4) is 0 Å². The molecule has 6 heteroatoms. The lowest BCUT2D eigenvalue weighted by Gasteiger charge is -2.58. The highest BCUT2D eigenvalue weighted by Gasteiger charge is 2.55. The van der Waals surface area contributed by atoms with E-state index in [2.05, 4.69) is 10.2 Å². The molecule has 6 nitrogen and oxygen atoms in total. The molecule has 1 amide bonds. The highest BCUT2D eigenvalue weighted by molar-refractivity contribution is 5.93. The minimum atomic E-state index is -0.809. The highest BCUT2D eigenvalue weighted by Crippen LogP contribution is 2.55. The third kappa shape index (κ3) is 3.83. The van der Waals surface area contributed by atoms with Crippen LogP contribution in [0.25, 0.3) is 0 Å². The molecule has 33 heavy (non-hydrogen) atoms. The van der Waals surface area contributed by atoms with Gasteiger partial charge in [-0.1, -0.05) is 36.4 Å². The van der Waals surface area contributed by atoms with Crippen LogP contribution in [-0.2, 0) is 5.60 Å². The van der Waals surface area contributed by atoms with Crippen molar-refractivity contribution in [2.75, 3.05) is 18.0 Å². The van der Waals surface area contributed by atoms with Gasteiger partial charge in [-0.3, -0.25) is 4.79 Å². The zero-order valence-electron chi connectivity index (χ0n) is 19.0. The zero-order chi connectivity index (χ0) is 22.6. The smallest absolute Gasteiger partial charge is 0.270 e. The van der Waals surface area contributed by atoms with E-state index in [9.17, 15) is 15.0 Å². The van der Waals surface area contributed by atoms with Crippen LogP contribution >= 0.6 is 0 Å². The second-order valence-corrected chi connectivity index (χ2v) is 11.0. The van der Waals surface area contributed by atoms with E-state index in [1.807, 2.05) is 42.5 Å². The number of amides is 1. The lowest BCUT2D eigenvalue weighted by Crippen LogP contribution is -2.61. The third-order valence-electron chi connectivity index (χ3n) is 8.73. The van der Waals surface area contributed by atoms with Gasteiger partial charge in [-0.25, -0.2) is 4.98 Å². The molecular formula is C27H33N3O3. The van der Waals surface area contributed by atoms with Crippen molar-refractivity contribution >= 4 is 11.7 Å². The number of piperidine rings is 1. The molecule has 4 aliphatic carbocycles. The van der Waals surface area contributed by atoms with Crippen molar-refractivity contribution in [2.24, 2.45) is 17.8 Å². The summed E-state index contributed by atoms with van der Waals surface area (Å²) in [5.41, 5.74) is 0.109. The summed E-state index contributed by atoms with van der Waals surface area (Å²) in [6.45, 7) is 1.38. The Bertz CT molecular complexity index is 1020. The van der Waals surface area contributed by atoms with E-state index in [1.165, 1.54) is 0 Å². The Balaban J connectivity index is 1.12. The number of aromatic nitrogens is 1. The molecule has 2 atom stereocenters. The molecule has 0 spiro atoms. The molecule has 5 fully saturated rings. The van der Waals surface area contributed by atoms with Crippen LogP contribution in [-0.4, -0.2) is 45.8 Å². The number of aliphatic hydroxyl groups is 2. The molecule has 7 rings (SSSR count). The Kier molecular flexibility index (Phi) is 5.00. The molecule has 4 saturated carbocycles. The molecule has 2 aromatic rings. The fraction of sp³-hybridized carbons (Fsp3) is 0.556. The Morgan fingerprint density at radius 1 is 0.939 bits per heavy atom. The molecule has 2 unspecified atom stereocenters. The summed E-state index contributed by atoms with van der Waals surface area (Å²) >= 11 is 0. The van der Waals surface area contributed by atoms with Crippen molar-refractivity contribution in [1.82, 2.24) is 10.3 Å². The van der Waals surface area contributed by atoms with Crippen LogP contribution < -0.4 is 10.2 Å². The van der Waals surface area contributed by atoms with Crippen molar-refractivity contribution in [1.29, 1.82) is 0 Å². The molecule has 1 aromatic heterocycles. The maximum absolute atomic E-state index is 13.1. The van der Waals surface area contributed by atoms with Crippen LogP contribution in [0.3, 0.4) is 0 Å². The number of carbonyl (C=O) groups excluding carboxylic acids is 1. The summed E-state index contributed by atoms with van der Waals surface area (Å²) in [4.78, 5) is 20.0. The van der Waals surface area contributed by atoms with Gasteiger partial charge in [-0.15, -0.1) is 0 Å². The van der Waals surface area contributed by atoms with Crippen molar-refractivity contribution < 1.29 is 15.0 Å². The van der Waals surface area contributed by atoms with Gasteiger partial charge in [0.05, 0.1) is 11.2 Å². The fourth-order valence-electron chi connectivity index (χ4n) is 7.31. The predicted molar refractivity (Wildman–Crippen MR) is 126 cm³/mol. The van der Waals surface area contributed by atoms with E-state index in [0.717, 1.165) is 43.5 Å². The average Bonchev–Trinajstić information content (AvgIpc) is 2.81.